The molecule has 2 heterocycles. The SMILES string of the molecule is O=C(NNc1ncnc(Nc2nccs2)c1[N+](=O)[O-])c1ccc(Cl)c([N+](=O)[O-])c1. The van der Waals surface area contributed by atoms with Gasteiger partial charge in [0.25, 0.3) is 11.6 Å². The van der Waals surface area contributed by atoms with Gasteiger partial charge in [-0.1, -0.05) is 11.6 Å². The van der Waals surface area contributed by atoms with E-state index in [1.165, 1.54) is 29.7 Å². The zero-order valence-electron chi connectivity index (χ0n) is 14.0. The van der Waals surface area contributed by atoms with Gasteiger partial charge in [0.2, 0.25) is 11.6 Å². The van der Waals surface area contributed by atoms with Gasteiger partial charge < -0.3 is 5.32 Å². The topological polar surface area (TPSA) is 178 Å². The Morgan fingerprint density at radius 2 is 1.86 bits per heavy atom. The van der Waals surface area contributed by atoms with Crippen LogP contribution in [0.15, 0.2) is 36.1 Å². The maximum absolute atomic E-state index is 12.2. The van der Waals surface area contributed by atoms with Gasteiger partial charge in [0.15, 0.2) is 5.13 Å². The molecule has 0 fully saturated rings. The Morgan fingerprint density at radius 3 is 2.52 bits per heavy atom. The van der Waals surface area contributed by atoms with Crippen LogP contribution < -0.4 is 16.2 Å². The molecule has 29 heavy (non-hydrogen) atoms. The summed E-state index contributed by atoms with van der Waals surface area (Å²) < 4.78 is 0. The molecule has 0 atom stereocenters. The van der Waals surface area contributed by atoms with Gasteiger partial charge in [0, 0.05) is 23.2 Å². The van der Waals surface area contributed by atoms with Crippen molar-refractivity contribution in [2.75, 3.05) is 10.7 Å². The van der Waals surface area contributed by atoms with Crippen LogP contribution in [0.1, 0.15) is 10.4 Å². The number of thiazole rings is 1. The third-order valence-electron chi connectivity index (χ3n) is 3.36. The Kier molecular flexibility index (Phi) is 5.75. The molecule has 1 amide bonds. The minimum atomic E-state index is -0.799. The van der Waals surface area contributed by atoms with Crippen molar-refractivity contribution in [1.82, 2.24) is 20.4 Å². The van der Waals surface area contributed by atoms with Crippen molar-refractivity contribution in [3.05, 3.63) is 66.9 Å². The quantitative estimate of drug-likeness (QED) is 0.368. The first-order chi connectivity index (χ1) is 13.9. The fourth-order valence-corrected chi connectivity index (χ4v) is 2.82. The first-order valence-electron chi connectivity index (χ1n) is 7.53. The predicted octanol–water partition coefficient (Wildman–Crippen LogP) is 2.90. The summed E-state index contributed by atoms with van der Waals surface area (Å²) in [5.74, 6) is -1.24. The lowest BCUT2D eigenvalue weighted by molar-refractivity contribution is -0.384. The van der Waals surface area contributed by atoms with Crippen molar-refractivity contribution in [2.45, 2.75) is 0 Å². The van der Waals surface area contributed by atoms with Crippen LogP contribution in [-0.2, 0) is 0 Å². The second-order valence-corrected chi connectivity index (χ2v) is 6.44. The molecule has 3 N–H and O–H groups in total. The summed E-state index contributed by atoms with van der Waals surface area (Å²) in [5.41, 5.74) is 3.43. The molecule has 3 aromatic rings. The molecule has 15 heteroatoms. The van der Waals surface area contributed by atoms with Gasteiger partial charge in [0.05, 0.1) is 9.85 Å². The number of nitrogens with zero attached hydrogens (tertiary/aromatic N) is 5. The lowest BCUT2D eigenvalue weighted by atomic mass is 10.2. The molecule has 3 rings (SSSR count). The van der Waals surface area contributed by atoms with Crippen LogP contribution in [0.25, 0.3) is 0 Å². The normalized spacial score (nSPS) is 10.2. The first kappa shape index (κ1) is 19.8. The number of aromatic nitrogens is 3. The molecule has 0 bridgehead atoms. The van der Waals surface area contributed by atoms with Crippen molar-refractivity contribution >= 4 is 57.0 Å². The van der Waals surface area contributed by atoms with Crippen LogP contribution in [0.4, 0.5) is 28.1 Å². The molecule has 0 aliphatic heterocycles. The number of hydrogen-bond donors (Lipinski definition) is 3. The van der Waals surface area contributed by atoms with Gasteiger partial charge in [-0.25, -0.2) is 15.0 Å². The number of hydrogen-bond acceptors (Lipinski definition) is 11. The third-order valence-corrected chi connectivity index (χ3v) is 4.37. The standard InChI is InChI=1S/C14H9ClN8O5S/c15-8-2-1-7(5-9(8)22(25)26)13(24)21-20-12-10(23(27)28)11(17-6-18-12)19-14-16-3-4-29-14/h1-6H,(H,21,24)(H2,16,17,18,19,20). The minimum absolute atomic E-state index is 0.0913. The summed E-state index contributed by atoms with van der Waals surface area (Å²) in [6, 6.07) is 3.43. The number of nitro groups is 2. The molecule has 0 saturated heterocycles. The third kappa shape index (κ3) is 4.50. The Bertz CT molecular complexity index is 1090. The zero-order chi connectivity index (χ0) is 21.0. The van der Waals surface area contributed by atoms with Gasteiger partial charge in [-0.2, -0.15) is 0 Å². The zero-order valence-corrected chi connectivity index (χ0v) is 15.6. The number of anilines is 3. The first-order valence-corrected chi connectivity index (χ1v) is 8.78. The predicted molar refractivity (Wildman–Crippen MR) is 103 cm³/mol. The monoisotopic (exact) mass is 436 g/mol. The van der Waals surface area contributed by atoms with E-state index >= 15 is 0 Å². The van der Waals surface area contributed by atoms with E-state index in [0.717, 1.165) is 12.4 Å². The van der Waals surface area contributed by atoms with E-state index < -0.39 is 27.1 Å². The number of halogens is 1. The number of nitrogens with one attached hydrogen (secondary N) is 3. The average molecular weight is 437 g/mol. The fourth-order valence-electron chi connectivity index (χ4n) is 2.10. The van der Waals surface area contributed by atoms with Crippen molar-refractivity contribution in [3.63, 3.8) is 0 Å². The van der Waals surface area contributed by atoms with Gasteiger partial charge in [-0.3, -0.25) is 35.9 Å². The highest BCUT2D eigenvalue weighted by Crippen LogP contribution is 2.31. The fraction of sp³-hybridized carbons (Fsp3) is 0. The second-order valence-electron chi connectivity index (χ2n) is 5.14. The van der Waals surface area contributed by atoms with E-state index in [-0.39, 0.29) is 22.2 Å². The molecule has 13 nitrogen and oxygen atoms in total. The summed E-state index contributed by atoms with van der Waals surface area (Å²) in [7, 11) is 0. The molecular formula is C14H9ClN8O5S. The van der Waals surface area contributed by atoms with Gasteiger partial charge in [-0.15, -0.1) is 11.3 Å². The van der Waals surface area contributed by atoms with Crippen molar-refractivity contribution < 1.29 is 14.6 Å². The lowest BCUT2D eigenvalue weighted by Crippen LogP contribution is -2.30. The van der Waals surface area contributed by atoms with Gasteiger partial charge >= 0.3 is 5.69 Å². The Hall–Kier alpha value is -3.91. The van der Waals surface area contributed by atoms with E-state index in [4.69, 9.17) is 11.6 Å². The summed E-state index contributed by atoms with van der Waals surface area (Å²) in [5, 5.41) is 27.0. The number of carbonyl (C=O) groups excluding carboxylic acids is 1. The summed E-state index contributed by atoms with van der Waals surface area (Å²) in [4.78, 5) is 44.7. The molecular weight excluding hydrogens is 428 g/mol. The molecule has 0 spiro atoms. The molecule has 2 aromatic heterocycles. The summed E-state index contributed by atoms with van der Waals surface area (Å²) in [6.07, 6.45) is 2.55. The van der Waals surface area contributed by atoms with Gasteiger partial charge in [-0.05, 0) is 12.1 Å². The van der Waals surface area contributed by atoms with E-state index in [0.29, 0.717) is 5.13 Å². The van der Waals surface area contributed by atoms with Crippen LogP contribution in [0.3, 0.4) is 0 Å². The molecule has 0 aliphatic rings. The number of amides is 1. The van der Waals surface area contributed by atoms with Crippen LogP contribution >= 0.6 is 22.9 Å². The van der Waals surface area contributed by atoms with E-state index in [1.807, 2.05) is 0 Å². The Morgan fingerprint density at radius 1 is 1.10 bits per heavy atom. The van der Waals surface area contributed by atoms with Crippen molar-refractivity contribution in [2.24, 2.45) is 0 Å². The highest BCUT2D eigenvalue weighted by Gasteiger charge is 2.24. The minimum Gasteiger partial charge on any atom is -0.310 e. The molecule has 0 unspecified atom stereocenters. The maximum atomic E-state index is 12.2. The lowest BCUT2D eigenvalue weighted by Gasteiger charge is -2.10. The summed E-state index contributed by atoms with van der Waals surface area (Å²) >= 11 is 6.91. The van der Waals surface area contributed by atoms with E-state index in [9.17, 15) is 25.0 Å². The number of nitro benzene ring substituents is 1. The highest BCUT2D eigenvalue weighted by molar-refractivity contribution is 7.13. The smallest absolute Gasteiger partial charge is 0.310 e. The average Bonchev–Trinajstić information content (AvgIpc) is 3.19. The molecule has 1 aromatic carbocycles. The molecule has 0 aliphatic carbocycles. The largest absolute Gasteiger partial charge is 0.355 e. The molecule has 0 saturated carbocycles. The highest BCUT2D eigenvalue weighted by atomic mass is 35.5. The van der Waals surface area contributed by atoms with Crippen molar-refractivity contribution in [3.8, 4) is 0 Å². The second kappa shape index (κ2) is 8.41. The summed E-state index contributed by atoms with van der Waals surface area (Å²) in [6.45, 7) is 0. The molecule has 0 radical (unpaired) electrons. The van der Waals surface area contributed by atoms with E-state index in [2.05, 4.69) is 31.1 Å². The number of rotatable bonds is 7. The van der Waals surface area contributed by atoms with E-state index in [1.54, 1.807) is 5.38 Å². The Balaban J connectivity index is 1.81. The van der Waals surface area contributed by atoms with Crippen LogP contribution in [0, 0.1) is 20.2 Å². The van der Waals surface area contributed by atoms with Crippen LogP contribution in [0.5, 0.6) is 0 Å². The number of benzene rings is 1. The molecule has 148 valence electrons. The van der Waals surface area contributed by atoms with Gasteiger partial charge in [0.1, 0.15) is 11.3 Å². The van der Waals surface area contributed by atoms with Crippen molar-refractivity contribution in [1.29, 1.82) is 0 Å². The number of carbonyl (C=O) groups is 1. The Labute approximate surface area is 170 Å². The maximum Gasteiger partial charge on any atom is 0.355 e. The van der Waals surface area contributed by atoms with Crippen LogP contribution in [0.2, 0.25) is 5.02 Å². The van der Waals surface area contributed by atoms with Crippen LogP contribution in [-0.4, -0.2) is 30.7 Å². The number of hydrazine groups is 1.